The minimum atomic E-state index is -1.08. The molecule has 0 aliphatic heterocycles. The highest BCUT2D eigenvalue weighted by Gasteiger charge is 2.34. The lowest BCUT2D eigenvalue weighted by atomic mass is 9.91. The molecule has 2 heterocycles. The quantitative estimate of drug-likeness (QED) is 0.743. The molecule has 0 fully saturated rings. The predicted molar refractivity (Wildman–Crippen MR) is 89.5 cm³/mol. The van der Waals surface area contributed by atoms with Gasteiger partial charge in [0.15, 0.2) is 0 Å². The van der Waals surface area contributed by atoms with Crippen LogP contribution in [0.3, 0.4) is 0 Å². The van der Waals surface area contributed by atoms with Crippen molar-refractivity contribution >= 4 is 37.5 Å². The Kier molecular flexibility index (Phi) is 4.06. The molecular formula is C16H15BrN2OS. The number of aliphatic hydroxyl groups is 1. The Morgan fingerprint density at radius 2 is 2.14 bits per heavy atom. The molecule has 2 aromatic heterocycles. The maximum Gasteiger partial charge on any atom is 0.142 e. The molecule has 3 aromatic rings. The number of pyridine rings is 1. The van der Waals surface area contributed by atoms with Crippen LogP contribution in [0.15, 0.2) is 47.2 Å². The molecule has 0 aliphatic carbocycles. The molecule has 0 saturated heterocycles. The average Bonchev–Trinajstić information content (AvgIpc) is 2.94. The summed E-state index contributed by atoms with van der Waals surface area (Å²) >= 11 is 5.08. The van der Waals surface area contributed by atoms with Crippen molar-refractivity contribution in [2.45, 2.75) is 25.4 Å². The molecule has 0 bridgehead atoms. The number of nitrogens with zero attached hydrogens (tertiary/aromatic N) is 2. The Bertz CT molecular complexity index is 759. The zero-order chi connectivity index (χ0) is 14.9. The largest absolute Gasteiger partial charge is 0.378 e. The maximum absolute atomic E-state index is 11.2. The first-order chi connectivity index (χ1) is 10.1. The number of fused-ring (bicyclic) bond motifs is 1. The zero-order valence-electron chi connectivity index (χ0n) is 11.6. The van der Waals surface area contributed by atoms with Gasteiger partial charge in [0.2, 0.25) is 0 Å². The zero-order valence-corrected chi connectivity index (χ0v) is 14.0. The Morgan fingerprint density at radius 3 is 2.81 bits per heavy atom. The van der Waals surface area contributed by atoms with E-state index < -0.39 is 5.60 Å². The Balaban J connectivity index is 2.18. The fourth-order valence-corrected chi connectivity index (χ4v) is 4.14. The lowest BCUT2D eigenvalue weighted by Gasteiger charge is -2.25. The normalized spacial score (nSPS) is 14.2. The molecule has 0 radical (unpaired) electrons. The van der Waals surface area contributed by atoms with E-state index in [9.17, 15) is 5.11 Å². The minimum Gasteiger partial charge on any atom is -0.378 e. The van der Waals surface area contributed by atoms with Gasteiger partial charge in [0.05, 0.1) is 10.2 Å². The van der Waals surface area contributed by atoms with Crippen LogP contribution in [-0.4, -0.2) is 15.1 Å². The van der Waals surface area contributed by atoms with Crippen molar-refractivity contribution in [2.75, 3.05) is 0 Å². The molecule has 0 saturated carbocycles. The van der Waals surface area contributed by atoms with E-state index in [2.05, 4.69) is 32.8 Å². The van der Waals surface area contributed by atoms with Crippen molar-refractivity contribution in [1.82, 2.24) is 9.97 Å². The van der Waals surface area contributed by atoms with Crippen molar-refractivity contribution in [3.63, 3.8) is 0 Å². The predicted octanol–water partition coefficient (Wildman–Crippen LogP) is 4.49. The molecule has 1 aromatic carbocycles. The van der Waals surface area contributed by atoms with Gasteiger partial charge in [-0.1, -0.05) is 25.5 Å². The second-order valence-electron chi connectivity index (χ2n) is 4.96. The topological polar surface area (TPSA) is 46.0 Å². The first-order valence-electron chi connectivity index (χ1n) is 6.83. The number of benzene rings is 1. The van der Waals surface area contributed by atoms with Gasteiger partial charge in [0.25, 0.3) is 0 Å². The Hall–Kier alpha value is -1.30. The lowest BCUT2D eigenvalue weighted by Crippen LogP contribution is -2.27. The summed E-state index contributed by atoms with van der Waals surface area (Å²) in [7, 11) is 0. The molecule has 108 valence electrons. The first-order valence-corrected chi connectivity index (χ1v) is 8.44. The third-order valence-corrected chi connectivity index (χ3v) is 5.65. The van der Waals surface area contributed by atoms with E-state index in [1.165, 1.54) is 11.3 Å². The van der Waals surface area contributed by atoms with Gasteiger partial charge in [0, 0.05) is 22.4 Å². The van der Waals surface area contributed by atoms with Crippen LogP contribution in [0.2, 0.25) is 0 Å². The highest BCUT2D eigenvalue weighted by molar-refractivity contribution is 9.10. The molecule has 5 heteroatoms. The molecular weight excluding hydrogens is 348 g/mol. The second kappa shape index (κ2) is 5.83. The smallest absolute Gasteiger partial charge is 0.142 e. The molecule has 0 amide bonds. The highest BCUT2D eigenvalue weighted by Crippen LogP contribution is 2.40. The highest BCUT2D eigenvalue weighted by atomic mass is 79.9. The SMILES string of the molecule is CCCC(O)(c1cccnc1)c1nc2cccc(Br)c2s1. The van der Waals surface area contributed by atoms with Crippen molar-refractivity contribution in [3.05, 3.63) is 57.8 Å². The summed E-state index contributed by atoms with van der Waals surface area (Å²) in [5.74, 6) is 0. The first kappa shape index (κ1) is 14.6. The van der Waals surface area contributed by atoms with Gasteiger partial charge >= 0.3 is 0 Å². The van der Waals surface area contributed by atoms with E-state index in [0.29, 0.717) is 6.42 Å². The van der Waals surface area contributed by atoms with Gasteiger partial charge in [-0.2, -0.15) is 0 Å². The third-order valence-electron chi connectivity index (χ3n) is 3.47. The second-order valence-corrected chi connectivity index (χ2v) is 6.81. The average molecular weight is 363 g/mol. The summed E-state index contributed by atoms with van der Waals surface area (Å²) < 4.78 is 2.07. The van der Waals surface area contributed by atoms with E-state index in [-0.39, 0.29) is 0 Å². The van der Waals surface area contributed by atoms with E-state index in [1.807, 2.05) is 30.3 Å². The van der Waals surface area contributed by atoms with Crippen molar-refractivity contribution in [3.8, 4) is 0 Å². The third kappa shape index (κ3) is 2.61. The summed E-state index contributed by atoms with van der Waals surface area (Å²) in [6.07, 6.45) is 4.92. The molecule has 0 aliphatic rings. The van der Waals surface area contributed by atoms with E-state index in [4.69, 9.17) is 0 Å². The molecule has 0 spiro atoms. The van der Waals surface area contributed by atoms with Gasteiger partial charge in [-0.05, 0) is 40.5 Å². The Labute approximate surface area is 135 Å². The molecule has 3 nitrogen and oxygen atoms in total. The lowest BCUT2D eigenvalue weighted by molar-refractivity contribution is 0.0697. The van der Waals surface area contributed by atoms with Crippen LogP contribution in [-0.2, 0) is 5.60 Å². The summed E-state index contributed by atoms with van der Waals surface area (Å²) in [4.78, 5) is 8.79. The summed E-state index contributed by atoms with van der Waals surface area (Å²) in [5, 5.41) is 12.0. The summed E-state index contributed by atoms with van der Waals surface area (Å²) in [6, 6.07) is 9.67. The summed E-state index contributed by atoms with van der Waals surface area (Å²) in [6.45, 7) is 2.06. The summed E-state index contributed by atoms with van der Waals surface area (Å²) in [5.41, 5.74) is 0.622. The minimum absolute atomic E-state index is 0.621. The molecule has 1 N–H and O–H groups in total. The van der Waals surface area contributed by atoms with Crippen molar-refractivity contribution in [1.29, 1.82) is 0 Å². The van der Waals surface area contributed by atoms with Gasteiger partial charge in [-0.3, -0.25) is 4.98 Å². The van der Waals surface area contributed by atoms with Crippen LogP contribution in [0, 0.1) is 0 Å². The van der Waals surface area contributed by atoms with Crippen LogP contribution >= 0.6 is 27.3 Å². The van der Waals surface area contributed by atoms with Crippen LogP contribution in [0.5, 0.6) is 0 Å². The van der Waals surface area contributed by atoms with Crippen LogP contribution in [0.1, 0.15) is 30.3 Å². The fraction of sp³-hybridized carbons (Fsp3) is 0.250. The van der Waals surface area contributed by atoms with Gasteiger partial charge in [-0.25, -0.2) is 4.98 Å². The van der Waals surface area contributed by atoms with Crippen LogP contribution < -0.4 is 0 Å². The van der Waals surface area contributed by atoms with E-state index in [0.717, 1.165) is 31.7 Å². The molecule has 1 atom stereocenters. The molecule has 1 unspecified atom stereocenters. The number of rotatable bonds is 4. The van der Waals surface area contributed by atoms with Gasteiger partial charge < -0.3 is 5.11 Å². The van der Waals surface area contributed by atoms with Crippen molar-refractivity contribution < 1.29 is 5.11 Å². The van der Waals surface area contributed by atoms with Gasteiger partial charge in [0.1, 0.15) is 10.6 Å². The van der Waals surface area contributed by atoms with Gasteiger partial charge in [-0.15, -0.1) is 11.3 Å². The number of halogens is 1. The fourth-order valence-electron chi connectivity index (χ4n) is 2.44. The molecule has 21 heavy (non-hydrogen) atoms. The maximum atomic E-state index is 11.2. The van der Waals surface area contributed by atoms with Crippen LogP contribution in [0.4, 0.5) is 0 Å². The van der Waals surface area contributed by atoms with E-state index >= 15 is 0 Å². The monoisotopic (exact) mass is 362 g/mol. The van der Waals surface area contributed by atoms with Crippen LogP contribution in [0.25, 0.3) is 10.2 Å². The number of hydrogen-bond acceptors (Lipinski definition) is 4. The number of thiazole rings is 1. The standard InChI is InChI=1S/C16H15BrN2OS/c1-2-8-16(20,11-5-4-9-18-10-11)15-19-13-7-3-6-12(17)14(13)21-15/h3-7,9-10,20H,2,8H2,1H3. The molecule has 3 rings (SSSR count). The number of aromatic nitrogens is 2. The van der Waals surface area contributed by atoms with Crippen molar-refractivity contribution in [2.24, 2.45) is 0 Å². The van der Waals surface area contributed by atoms with E-state index in [1.54, 1.807) is 12.4 Å². The Morgan fingerprint density at radius 1 is 1.29 bits per heavy atom. The number of hydrogen-bond donors (Lipinski definition) is 1.